The minimum Gasteiger partial charge on any atom is -0.484 e. The monoisotopic (exact) mass is 528 g/mol. The van der Waals surface area contributed by atoms with Crippen LogP contribution in [0, 0.1) is 13.8 Å². The van der Waals surface area contributed by atoms with Crippen molar-refractivity contribution in [3.63, 3.8) is 0 Å². The Kier molecular flexibility index (Phi) is 11.2. The smallest absolute Gasteiger partial charge is 0.259 e. The topological polar surface area (TPSA) is 83.8 Å². The summed E-state index contributed by atoms with van der Waals surface area (Å²) in [6, 6.07) is 9.77. The number of aryl methyl sites for hydroxylation is 3. The van der Waals surface area contributed by atoms with Gasteiger partial charge in [0.15, 0.2) is 12.6 Å². The summed E-state index contributed by atoms with van der Waals surface area (Å²) in [7, 11) is 5.17. The number of amides is 1. The van der Waals surface area contributed by atoms with Gasteiger partial charge in [0, 0.05) is 46.5 Å². The molecule has 0 unspecified atom stereocenters. The number of benzene rings is 1. The van der Waals surface area contributed by atoms with Gasteiger partial charge < -0.3 is 20.3 Å². The van der Waals surface area contributed by atoms with Crippen molar-refractivity contribution in [3.05, 3.63) is 47.3 Å². The van der Waals surface area contributed by atoms with E-state index in [-0.39, 0.29) is 36.5 Å². The summed E-state index contributed by atoms with van der Waals surface area (Å²) in [6.45, 7) is 6.39. The number of guanidine groups is 1. The molecule has 1 heterocycles. The molecule has 0 spiro atoms. The minimum atomic E-state index is -0.0707. The fourth-order valence-electron chi connectivity index (χ4n) is 2.76. The Morgan fingerprint density at radius 3 is 2.63 bits per heavy atom. The van der Waals surface area contributed by atoms with Crippen LogP contribution in [0.25, 0.3) is 0 Å². The van der Waals surface area contributed by atoms with Crippen molar-refractivity contribution in [3.8, 4) is 5.75 Å². The summed E-state index contributed by atoms with van der Waals surface area (Å²) in [5, 5.41) is 11.1. The second-order valence-corrected chi connectivity index (χ2v) is 7.08. The zero-order valence-electron chi connectivity index (χ0n) is 18.4. The minimum absolute atomic E-state index is 0. The van der Waals surface area contributed by atoms with E-state index in [1.54, 1.807) is 21.1 Å². The summed E-state index contributed by atoms with van der Waals surface area (Å²) in [4.78, 5) is 17.4. The molecule has 0 aliphatic heterocycles. The number of likely N-dealkylation sites (N-methyl/N-ethyl adjacent to an activating group) is 1. The van der Waals surface area contributed by atoms with Crippen LogP contribution in [0.5, 0.6) is 5.75 Å². The summed E-state index contributed by atoms with van der Waals surface area (Å²) in [5.41, 5.74) is 3.27. The van der Waals surface area contributed by atoms with E-state index >= 15 is 0 Å². The number of aromatic nitrogens is 2. The summed E-state index contributed by atoms with van der Waals surface area (Å²) >= 11 is 0. The highest BCUT2D eigenvalue weighted by atomic mass is 127. The maximum absolute atomic E-state index is 11.6. The maximum Gasteiger partial charge on any atom is 0.259 e. The number of nitrogens with one attached hydrogen (secondary N) is 2. The number of aliphatic imine (C=N–C) groups is 1. The summed E-state index contributed by atoms with van der Waals surface area (Å²) < 4.78 is 7.59. The first-order chi connectivity index (χ1) is 13.9. The van der Waals surface area contributed by atoms with Crippen molar-refractivity contribution in [2.45, 2.75) is 33.4 Å². The molecule has 0 radical (unpaired) electrons. The molecule has 2 rings (SSSR count). The molecule has 1 amide bonds. The molecule has 0 saturated carbocycles. The van der Waals surface area contributed by atoms with E-state index < -0.39 is 0 Å². The standard InChI is InChI=1S/C21H32N6O2.HI/c1-16-12-17(2)27(25-16)11-7-10-23-21(22-3)24-14-18-8-6-9-19(13-18)29-15-20(28)26(4)5;/h6,8-9,12-13H,7,10-11,14-15H2,1-5H3,(H2,22,23,24);1H. The van der Waals surface area contributed by atoms with Crippen LogP contribution in [-0.2, 0) is 17.9 Å². The van der Waals surface area contributed by atoms with E-state index in [0.717, 1.165) is 36.7 Å². The third-order valence-corrected chi connectivity index (χ3v) is 4.39. The Balaban J connectivity index is 0.00000450. The van der Waals surface area contributed by atoms with Crippen LogP contribution in [0.4, 0.5) is 0 Å². The molecule has 0 saturated heterocycles. The zero-order chi connectivity index (χ0) is 21.2. The normalized spacial score (nSPS) is 10.9. The van der Waals surface area contributed by atoms with E-state index in [1.165, 1.54) is 10.6 Å². The van der Waals surface area contributed by atoms with Gasteiger partial charge in [0.2, 0.25) is 0 Å². The number of nitrogens with zero attached hydrogens (tertiary/aromatic N) is 4. The summed E-state index contributed by atoms with van der Waals surface area (Å²) in [5.74, 6) is 1.35. The molecule has 166 valence electrons. The van der Waals surface area contributed by atoms with Crippen molar-refractivity contribution in [2.24, 2.45) is 4.99 Å². The largest absolute Gasteiger partial charge is 0.484 e. The molecule has 1 aromatic heterocycles. The quantitative estimate of drug-likeness (QED) is 0.226. The van der Waals surface area contributed by atoms with Gasteiger partial charge in [-0.2, -0.15) is 5.10 Å². The SMILES string of the molecule is CN=C(NCCCn1nc(C)cc1C)NCc1cccc(OCC(=O)N(C)C)c1.I. The van der Waals surface area contributed by atoms with Crippen LogP contribution in [0.15, 0.2) is 35.3 Å². The zero-order valence-corrected chi connectivity index (χ0v) is 20.8. The third kappa shape index (κ3) is 8.60. The van der Waals surface area contributed by atoms with Crippen molar-refractivity contribution >= 4 is 35.8 Å². The first-order valence-electron chi connectivity index (χ1n) is 9.76. The van der Waals surface area contributed by atoms with E-state index in [4.69, 9.17) is 4.74 Å². The highest BCUT2D eigenvalue weighted by Gasteiger charge is 2.06. The predicted molar refractivity (Wildman–Crippen MR) is 131 cm³/mol. The Morgan fingerprint density at radius 2 is 2.00 bits per heavy atom. The van der Waals surface area contributed by atoms with Gasteiger partial charge in [0.25, 0.3) is 5.91 Å². The Labute approximate surface area is 196 Å². The van der Waals surface area contributed by atoms with E-state index in [2.05, 4.69) is 33.7 Å². The second kappa shape index (κ2) is 13.1. The highest BCUT2D eigenvalue weighted by Crippen LogP contribution is 2.13. The molecule has 2 aromatic rings. The molecule has 2 N–H and O–H groups in total. The molecule has 0 fully saturated rings. The number of ether oxygens (including phenoxy) is 1. The van der Waals surface area contributed by atoms with Gasteiger partial charge >= 0.3 is 0 Å². The third-order valence-electron chi connectivity index (χ3n) is 4.39. The van der Waals surface area contributed by atoms with E-state index in [9.17, 15) is 4.79 Å². The highest BCUT2D eigenvalue weighted by molar-refractivity contribution is 14.0. The molecular formula is C21H33IN6O2. The molecule has 0 aliphatic carbocycles. The lowest BCUT2D eigenvalue weighted by atomic mass is 10.2. The lowest BCUT2D eigenvalue weighted by Gasteiger charge is -2.14. The number of hydrogen-bond donors (Lipinski definition) is 2. The fraction of sp³-hybridized carbons (Fsp3) is 0.476. The van der Waals surface area contributed by atoms with Crippen LogP contribution in [0.2, 0.25) is 0 Å². The number of hydrogen-bond acceptors (Lipinski definition) is 4. The number of carbonyl (C=O) groups is 1. The first kappa shape index (κ1) is 25.7. The van der Waals surface area contributed by atoms with E-state index in [1.807, 2.05) is 35.9 Å². The van der Waals surface area contributed by atoms with Gasteiger partial charge in [-0.25, -0.2) is 0 Å². The lowest BCUT2D eigenvalue weighted by molar-refractivity contribution is -0.130. The van der Waals surface area contributed by atoms with Crippen LogP contribution < -0.4 is 15.4 Å². The molecule has 0 aliphatic rings. The molecular weight excluding hydrogens is 495 g/mol. The molecule has 30 heavy (non-hydrogen) atoms. The van der Waals surface area contributed by atoms with Crippen LogP contribution in [0.3, 0.4) is 0 Å². The van der Waals surface area contributed by atoms with Gasteiger partial charge in [-0.15, -0.1) is 24.0 Å². The van der Waals surface area contributed by atoms with Crippen LogP contribution in [-0.4, -0.2) is 60.8 Å². The van der Waals surface area contributed by atoms with E-state index in [0.29, 0.717) is 12.3 Å². The average molecular weight is 528 g/mol. The first-order valence-corrected chi connectivity index (χ1v) is 9.76. The van der Waals surface area contributed by atoms with Gasteiger partial charge in [0.1, 0.15) is 5.75 Å². The molecule has 9 heteroatoms. The number of halogens is 1. The van der Waals surface area contributed by atoms with Crippen molar-refractivity contribution in [2.75, 3.05) is 34.3 Å². The Morgan fingerprint density at radius 1 is 1.23 bits per heavy atom. The van der Waals surface area contributed by atoms with Crippen LogP contribution >= 0.6 is 24.0 Å². The van der Waals surface area contributed by atoms with Crippen molar-refractivity contribution in [1.82, 2.24) is 25.3 Å². The Hall–Kier alpha value is -2.30. The fourth-order valence-corrected chi connectivity index (χ4v) is 2.76. The Bertz CT molecular complexity index is 835. The van der Waals surface area contributed by atoms with Gasteiger partial charge in [-0.3, -0.25) is 14.5 Å². The van der Waals surface area contributed by atoms with Crippen LogP contribution in [0.1, 0.15) is 23.4 Å². The van der Waals surface area contributed by atoms with Gasteiger partial charge in [0.05, 0.1) is 5.69 Å². The van der Waals surface area contributed by atoms with Crippen molar-refractivity contribution < 1.29 is 9.53 Å². The number of rotatable bonds is 9. The second-order valence-electron chi connectivity index (χ2n) is 7.08. The van der Waals surface area contributed by atoms with Crippen molar-refractivity contribution in [1.29, 1.82) is 0 Å². The molecule has 0 atom stereocenters. The maximum atomic E-state index is 11.6. The van der Waals surface area contributed by atoms with Gasteiger partial charge in [-0.05, 0) is 44.0 Å². The number of carbonyl (C=O) groups excluding carboxylic acids is 1. The lowest BCUT2D eigenvalue weighted by Crippen LogP contribution is -2.37. The molecule has 0 bridgehead atoms. The average Bonchev–Trinajstić information content (AvgIpc) is 3.02. The molecule has 8 nitrogen and oxygen atoms in total. The van der Waals surface area contributed by atoms with Gasteiger partial charge in [-0.1, -0.05) is 12.1 Å². The summed E-state index contributed by atoms with van der Waals surface area (Å²) in [6.07, 6.45) is 0.950. The predicted octanol–water partition coefficient (Wildman–Crippen LogP) is 2.34. The molecule has 1 aromatic carbocycles.